The maximum atomic E-state index is 13.6. The predicted molar refractivity (Wildman–Crippen MR) is 115 cm³/mol. The topological polar surface area (TPSA) is 43.0 Å². The van der Waals surface area contributed by atoms with Gasteiger partial charge in [0.1, 0.15) is 17.7 Å². The Kier molecular flexibility index (Phi) is 6.56. The van der Waals surface area contributed by atoms with Crippen LogP contribution < -0.4 is 10.1 Å². The largest absolute Gasteiger partial charge is 0.470 e. The van der Waals surface area contributed by atoms with Gasteiger partial charge in [0.25, 0.3) is 0 Å². The van der Waals surface area contributed by atoms with Crippen molar-refractivity contribution in [2.45, 2.75) is 57.3 Å². The van der Waals surface area contributed by atoms with Crippen LogP contribution in [0.1, 0.15) is 38.3 Å². The van der Waals surface area contributed by atoms with Gasteiger partial charge in [-0.05, 0) is 49.6 Å². The summed E-state index contributed by atoms with van der Waals surface area (Å²) >= 11 is 0. The zero-order valence-electron chi connectivity index (χ0n) is 17.9. The number of likely N-dealkylation sites (tertiary alicyclic amines) is 1. The van der Waals surface area contributed by atoms with Crippen LogP contribution >= 0.6 is 0 Å². The molecule has 0 bridgehead atoms. The Morgan fingerprint density at radius 3 is 2.67 bits per heavy atom. The van der Waals surface area contributed by atoms with E-state index >= 15 is 0 Å². The van der Waals surface area contributed by atoms with E-state index in [1.165, 1.54) is 12.1 Å². The third kappa shape index (κ3) is 4.46. The third-order valence-electron chi connectivity index (χ3n) is 6.12. The van der Waals surface area contributed by atoms with E-state index in [0.29, 0.717) is 0 Å². The number of ether oxygens (including phenoxy) is 3. The summed E-state index contributed by atoms with van der Waals surface area (Å²) in [4.78, 5) is 2.31. The highest BCUT2D eigenvalue weighted by atomic mass is 19.1. The van der Waals surface area contributed by atoms with E-state index in [9.17, 15) is 4.39 Å². The SMILES string of the molecule is CCC(C)OC1C(c2ccc(F)cc2)Nc2ccccc2OC1N1CCC(OC)C1. The number of hydrogen-bond donors (Lipinski definition) is 1. The maximum Gasteiger partial charge on any atom is 0.181 e. The summed E-state index contributed by atoms with van der Waals surface area (Å²) in [7, 11) is 1.76. The fourth-order valence-electron chi connectivity index (χ4n) is 4.21. The summed E-state index contributed by atoms with van der Waals surface area (Å²) in [5.74, 6) is 0.549. The van der Waals surface area contributed by atoms with Crippen molar-refractivity contribution in [3.05, 3.63) is 59.9 Å². The predicted octanol–water partition coefficient (Wildman–Crippen LogP) is 4.60. The van der Waals surface area contributed by atoms with Gasteiger partial charge >= 0.3 is 0 Å². The van der Waals surface area contributed by atoms with Crippen molar-refractivity contribution in [1.82, 2.24) is 4.90 Å². The second-order valence-electron chi connectivity index (χ2n) is 8.14. The summed E-state index contributed by atoms with van der Waals surface area (Å²) in [6.07, 6.45) is 1.54. The second kappa shape index (κ2) is 9.33. The Bertz CT molecular complexity index is 831. The molecule has 1 fully saturated rings. The van der Waals surface area contributed by atoms with E-state index in [1.807, 2.05) is 36.4 Å². The number of para-hydroxylation sites is 2. The van der Waals surface area contributed by atoms with Gasteiger partial charge in [-0.3, -0.25) is 4.90 Å². The van der Waals surface area contributed by atoms with E-state index in [0.717, 1.165) is 42.9 Å². The first-order chi connectivity index (χ1) is 14.6. The number of methoxy groups -OCH3 is 1. The van der Waals surface area contributed by atoms with Crippen LogP contribution in [-0.4, -0.2) is 49.6 Å². The lowest BCUT2D eigenvalue weighted by atomic mass is 9.99. The van der Waals surface area contributed by atoms with Crippen LogP contribution in [0.3, 0.4) is 0 Å². The van der Waals surface area contributed by atoms with Gasteiger partial charge in [0.15, 0.2) is 6.23 Å². The van der Waals surface area contributed by atoms with Gasteiger partial charge in [-0.25, -0.2) is 4.39 Å². The van der Waals surface area contributed by atoms with Crippen molar-refractivity contribution in [3.63, 3.8) is 0 Å². The first-order valence-electron chi connectivity index (χ1n) is 10.8. The maximum absolute atomic E-state index is 13.6. The van der Waals surface area contributed by atoms with Gasteiger partial charge in [-0.1, -0.05) is 31.2 Å². The first-order valence-corrected chi connectivity index (χ1v) is 10.8. The molecule has 0 amide bonds. The Morgan fingerprint density at radius 2 is 1.97 bits per heavy atom. The minimum Gasteiger partial charge on any atom is -0.470 e. The van der Waals surface area contributed by atoms with Crippen LogP contribution in [0, 0.1) is 5.82 Å². The average molecular weight is 415 g/mol. The highest BCUT2D eigenvalue weighted by Crippen LogP contribution is 2.39. The van der Waals surface area contributed by atoms with Crippen molar-refractivity contribution < 1.29 is 18.6 Å². The highest BCUT2D eigenvalue weighted by Gasteiger charge is 2.43. The van der Waals surface area contributed by atoms with Crippen molar-refractivity contribution in [2.75, 3.05) is 25.5 Å². The number of anilines is 1. The van der Waals surface area contributed by atoms with Gasteiger partial charge in [0.2, 0.25) is 0 Å². The summed E-state index contributed by atoms with van der Waals surface area (Å²) in [6.45, 7) is 5.86. The molecule has 6 heteroatoms. The first kappa shape index (κ1) is 21.1. The molecule has 2 heterocycles. The van der Waals surface area contributed by atoms with Crippen LogP contribution in [0.4, 0.5) is 10.1 Å². The van der Waals surface area contributed by atoms with E-state index in [4.69, 9.17) is 14.2 Å². The zero-order valence-corrected chi connectivity index (χ0v) is 17.9. The molecule has 2 aliphatic heterocycles. The van der Waals surface area contributed by atoms with Crippen molar-refractivity contribution in [2.24, 2.45) is 0 Å². The van der Waals surface area contributed by atoms with E-state index in [1.54, 1.807) is 7.11 Å². The summed E-state index contributed by atoms with van der Waals surface area (Å²) in [5, 5.41) is 3.62. The van der Waals surface area contributed by atoms with Crippen LogP contribution in [0.25, 0.3) is 0 Å². The van der Waals surface area contributed by atoms with E-state index in [-0.39, 0.29) is 36.4 Å². The molecule has 2 aromatic rings. The van der Waals surface area contributed by atoms with E-state index in [2.05, 4.69) is 24.1 Å². The molecule has 162 valence electrons. The highest BCUT2D eigenvalue weighted by molar-refractivity contribution is 5.58. The number of halogens is 1. The minimum atomic E-state index is -0.287. The zero-order chi connectivity index (χ0) is 21.1. The Labute approximate surface area is 178 Å². The fourth-order valence-corrected chi connectivity index (χ4v) is 4.21. The van der Waals surface area contributed by atoms with Crippen LogP contribution in [0.2, 0.25) is 0 Å². The van der Waals surface area contributed by atoms with Crippen molar-refractivity contribution >= 4 is 5.69 Å². The third-order valence-corrected chi connectivity index (χ3v) is 6.12. The number of rotatable bonds is 6. The molecule has 2 aliphatic rings. The molecule has 2 aromatic carbocycles. The van der Waals surface area contributed by atoms with Gasteiger partial charge in [0, 0.05) is 20.2 Å². The molecule has 30 heavy (non-hydrogen) atoms. The molecule has 1 N–H and O–H groups in total. The molecular weight excluding hydrogens is 383 g/mol. The van der Waals surface area contributed by atoms with E-state index < -0.39 is 0 Å². The Hall–Kier alpha value is -2.15. The monoisotopic (exact) mass is 414 g/mol. The summed E-state index contributed by atoms with van der Waals surface area (Å²) in [5.41, 5.74) is 1.88. The molecule has 5 unspecified atom stereocenters. The lowest BCUT2D eigenvalue weighted by Crippen LogP contribution is -2.51. The van der Waals surface area contributed by atoms with Crippen LogP contribution in [-0.2, 0) is 9.47 Å². The number of nitrogens with one attached hydrogen (secondary N) is 1. The standard InChI is InChI=1S/C24H31FN2O3/c1-4-16(2)29-23-22(17-9-11-18(25)12-10-17)26-20-7-5-6-8-21(20)30-24(23)27-14-13-19(15-27)28-3/h5-12,16,19,22-24,26H,4,13-15H2,1-3H3. The fraction of sp³-hybridized carbons (Fsp3) is 0.500. The molecule has 5 nitrogen and oxygen atoms in total. The van der Waals surface area contributed by atoms with Crippen LogP contribution in [0.15, 0.2) is 48.5 Å². The summed E-state index contributed by atoms with van der Waals surface area (Å²) < 4.78 is 32.4. The summed E-state index contributed by atoms with van der Waals surface area (Å²) in [6, 6.07) is 14.4. The molecule has 0 spiro atoms. The van der Waals surface area contributed by atoms with Crippen LogP contribution in [0.5, 0.6) is 5.75 Å². The molecule has 0 saturated carbocycles. The minimum absolute atomic E-state index is 0.0629. The molecule has 0 aromatic heterocycles. The van der Waals surface area contributed by atoms with Gasteiger partial charge in [0.05, 0.1) is 23.9 Å². The van der Waals surface area contributed by atoms with Gasteiger partial charge < -0.3 is 19.5 Å². The average Bonchev–Trinajstić information content (AvgIpc) is 3.19. The molecule has 0 aliphatic carbocycles. The molecule has 0 radical (unpaired) electrons. The Morgan fingerprint density at radius 1 is 1.20 bits per heavy atom. The normalized spacial score (nSPS) is 27.6. The van der Waals surface area contributed by atoms with Crippen molar-refractivity contribution in [1.29, 1.82) is 0 Å². The number of benzene rings is 2. The smallest absolute Gasteiger partial charge is 0.181 e. The molecule has 1 saturated heterocycles. The molecular formula is C24H31FN2O3. The van der Waals surface area contributed by atoms with Gasteiger partial charge in [-0.15, -0.1) is 0 Å². The van der Waals surface area contributed by atoms with Crippen molar-refractivity contribution in [3.8, 4) is 5.75 Å². The molecule has 4 rings (SSSR count). The number of hydrogen-bond acceptors (Lipinski definition) is 5. The quantitative estimate of drug-likeness (QED) is 0.748. The second-order valence-corrected chi connectivity index (χ2v) is 8.14. The number of fused-ring (bicyclic) bond motifs is 1. The lowest BCUT2D eigenvalue weighted by Gasteiger charge is -2.37. The lowest BCUT2D eigenvalue weighted by molar-refractivity contribution is -0.120. The van der Waals surface area contributed by atoms with Gasteiger partial charge in [-0.2, -0.15) is 0 Å². The molecule has 5 atom stereocenters. The Balaban J connectivity index is 1.75. The number of nitrogens with zero attached hydrogens (tertiary/aromatic N) is 1.